The Morgan fingerprint density at radius 3 is 2.88 bits per heavy atom. The molecule has 6 heteroatoms. The summed E-state index contributed by atoms with van der Waals surface area (Å²) in [6.45, 7) is 0.803. The monoisotopic (exact) mass is 297 g/mol. The summed E-state index contributed by atoms with van der Waals surface area (Å²) in [6.07, 6.45) is 0. The molecule has 0 aliphatic rings. The average Bonchev–Trinajstić information content (AvgIpc) is 2.80. The van der Waals surface area contributed by atoms with Crippen LogP contribution in [-0.2, 0) is 17.9 Å². The lowest BCUT2D eigenvalue weighted by atomic mass is 10.1. The fourth-order valence-corrected chi connectivity index (χ4v) is 1.91. The van der Waals surface area contributed by atoms with E-state index in [1.165, 1.54) is 0 Å². The number of aromatic nitrogens is 2. The van der Waals surface area contributed by atoms with Crippen LogP contribution < -0.4 is 5.73 Å². The number of hydrogen-bond acceptors (Lipinski definition) is 5. The fraction of sp³-hybridized carbons (Fsp3) is 0.273. The lowest BCUT2D eigenvalue weighted by Crippen LogP contribution is -1.95. The van der Waals surface area contributed by atoms with Gasteiger partial charge in [0.15, 0.2) is 0 Å². The van der Waals surface area contributed by atoms with Gasteiger partial charge in [0.25, 0.3) is 0 Å². The van der Waals surface area contributed by atoms with E-state index in [1.54, 1.807) is 7.11 Å². The van der Waals surface area contributed by atoms with Gasteiger partial charge in [0.1, 0.15) is 0 Å². The Kier molecular flexibility index (Phi) is 3.88. The number of nitrogens with two attached hydrogens (primary N) is 1. The lowest BCUT2D eigenvalue weighted by molar-refractivity contribution is 0.184. The third-order valence-electron chi connectivity index (χ3n) is 2.25. The summed E-state index contributed by atoms with van der Waals surface area (Å²) < 4.78 is 11.0. The summed E-state index contributed by atoms with van der Waals surface area (Å²) >= 11 is 3.48. The highest BCUT2D eigenvalue weighted by Crippen LogP contribution is 2.24. The highest BCUT2D eigenvalue weighted by molar-refractivity contribution is 9.10. The minimum Gasteiger partial charge on any atom is -0.380 e. The van der Waals surface area contributed by atoms with Gasteiger partial charge in [-0.25, -0.2) is 0 Å². The lowest BCUT2D eigenvalue weighted by Gasteiger charge is -2.04. The van der Waals surface area contributed by atoms with Gasteiger partial charge < -0.3 is 15.0 Å². The molecule has 0 spiro atoms. The number of rotatable bonds is 4. The van der Waals surface area contributed by atoms with Crippen LogP contribution in [0.4, 0.5) is 0 Å². The van der Waals surface area contributed by atoms with Crippen molar-refractivity contribution >= 4 is 15.9 Å². The van der Waals surface area contributed by atoms with Gasteiger partial charge in [-0.2, -0.15) is 4.98 Å². The minimum atomic E-state index is 0.246. The van der Waals surface area contributed by atoms with Gasteiger partial charge >= 0.3 is 0 Å². The Hall–Kier alpha value is -1.24. The first kappa shape index (κ1) is 12.2. The van der Waals surface area contributed by atoms with Gasteiger partial charge in [-0.3, -0.25) is 0 Å². The summed E-state index contributed by atoms with van der Waals surface area (Å²) in [5.41, 5.74) is 7.36. The predicted molar refractivity (Wildman–Crippen MR) is 66.0 cm³/mol. The molecule has 0 aliphatic carbocycles. The van der Waals surface area contributed by atoms with Crippen molar-refractivity contribution in [1.82, 2.24) is 10.1 Å². The first-order valence-electron chi connectivity index (χ1n) is 5.05. The molecule has 90 valence electrons. The highest BCUT2D eigenvalue weighted by Gasteiger charge is 2.09. The second-order valence-electron chi connectivity index (χ2n) is 3.46. The largest absolute Gasteiger partial charge is 0.380 e. The molecule has 2 N–H and O–H groups in total. The zero-order chi connectivity index (χ0) is 12.3. The first-order chi connectivity index (χ1) is 8.24. The summed E-state index contributed by atoms with van der Waals surface area (Å²) in [5, 5.41) is 3.86. The third kappa shape index (κ3) is 2.71. The molecule has 0 bridgehead atoms. The van der Waals surface area contributed by atoms with Crippen molar-refractivity contribution in [1.29, 1.82) is 0 Å². The SMILES string of the molecule is COCc1ccc(-c2noc(CN)n2)cc1Br. The van der Waals surface area contributed by atoms with E-state index in [-0.39, 0.29) is 6.54 Å². The van der Waals surface area contributed by atoms with Gasteiger partial charge in [0.2, 0.25) is 11.7 Å². The van der Waals surface area contributed by atoms with Crippen molar-refractivity contribution < 1.29 is 9.26 Å². The molecular formula is C11H12BrN3O2. The molecule has 0 aliphatic heterocycles. The molecule has 0 radical (unpaired) electrons. The number of ether oxygens (including phenoxy) is 1. The van der Waals surface area contributed by atoms with E-state index in [9.17, 15) is 0 Å². The number of methoxy groups -OCH3 is 1. The molecule has 0 atom stereocenters. The maximum Gasteiger partial charge on any atom is 0.240 e. The van der Waals surface area contributed by atoms with E-state index in [1.807, 2.05) is 18.2 Å². The molecule has 0 unspecified atom stereocenters. The predicted octanol–water partition coefficient (Wildman–Crippen LogP) is 2.10. The Morgan fingerprint density at radius 2 is 2.29 bits per heavy atom. The Bertz CT molecular complexity index is 513. The van der Waals surface area contributed by atoms with Crippen LogP contribution in [0.3, 0.4) is 0 Å². The van der Waals surface area contributed by atoms with E-state index in [0.717, 1.165) is 15.6 Å². The van der Waals surface area contributed by atoms with Crippen molar-refractivity contribution in [3.8, 4) is 11.4 Å². The van der Waals surface area contributed by atoms with Gasteiger partial charge in [-0.1, -0.05) is 33.2 Å². The van der Waals surface area contributed by atoms with Crippen molar-refractivity contribution in [3.63, 3.8) is 0 Å². The molecule has 2 rings (SSSR count). The van der Waals surface area contributed by atoms with E-state index in [2.05, 4.69) is 26.1 Å². The quantitative estimate of drug-likeness (QED) is 0.935. The van der Waals surface area contributed by atoms with E-state index in [4.69, 9.17) is 15.0 Å². The van der Waals surface area contributed by atoms with Crippen LogP contribution in [-0.4, -0.2) is 17.3 Å². The molecular weight excluding hydrogens is 286 g/mol. The standard InChI is InChI=1S/C11H12BrN3O2/c1-16-6-8-3-2-7(4-9(8)12)11-14-10(5-13)17-15-11/h2-4H,5-6,13H2,1H3. The molecule has 17 heavy (non-hydrogen) atoms. The van der Waals surface area contributed by atoms with E-state index in [0.29, 0.717) is 18.3 Å². The van der Waals surface area contributed by atoms with Gasteiger partial charge in [0, 0.05) is 17.1 Å². The van der Waals surface area contributed by atoms with Crippen LogP contribution in [0.1, 0.15) is 11.5 Å². The number of nitrogens with zero attached hydrogens (tertiary/aromatic N) is 2. The zero-order valence-electron chi connectivity index (χ0n) is 9.31. The molecule has 0 saturated carbocycles. The van der Waals surface area contributed by atoms with Gasteiger partial charge in [-0.15, -0.1) is 0 Å². The average molecular weight is 298 g/mol. The Balaban J connectivity index is 2.30. The van der Waals surface area contributed by atoms with Crippen LogP contribution in [0.5, 0.6) is 0 Å². The van der Waals surface area contributed by atoms with Gasteiger partial charge in [-0.05, 0) is 11.6 Å². The molecule has 0 saturated heterocycles. The summed E-state index contributed by atoms with van der Waals surface area (Å²) in [6, 6.07) is 5.81. The molecule has 1 aromatic heterocycles. The fourth-order valence-electron chi connectivity index (χ4n) is 1.41. The number of halogens is 1. The zero-order valence-corrected chi connectivity index (χ0v) is 10.9. The van der Waals surface area contributed by atoms with Crippen LogP contribution >= 0.6 is 15.9 Å². The summed E-state index contributed by atoms with van der Waals surface area (Å²) in [5.74, 6) is 0.965. The summed E-state index contributed by atoms with van der Waals surface area (Å²) in [7, 11) is 1.66. The van der Waals surface area contributed by atoms with Crippen molar-refractivity contribution in [2.75, 3.05) is 7.11 Å². The van der Waals surface area contributed by atoms with Crippen LogP contribution in [0.2, 0.25) is 0 Å². The Morgan fingerprint density at radius 1 is 1.47 bits per heavy atom. The maximum absolute atomic E-state index is 5.41. The molecule has 5 nitrogen and oxygen atoms in total. The smallest absolute Gasteiger partial charge is 0.240 e. The van der Waals surface area contributed by atoms with E-state index < -0.39 is 0 Å². The molecule has 1 aromatic carbocycles. The molecule has 2 aromatic rings. The first-order valence-corrected chi connectivity index (χ1v) is 5.84. The normalized spacial score (nSPS) is 10.8. The van der Waals surface area contributed by atoms with Crippen LogP contribution in [0, 0.1) is 0 Å². The second kappa shape index (κ2) is 5.39. The van der Waals surface area contributed by atoms with Crippen molar-refractivity contribution in [2.45, 2.75) is 13.2 Å². The van der Waals surface area contributed by atoms with Crippen LogP contribution in [0.25, 0.3) is 11.4 Å². The number of benzene rings is 1. The van der Waals surface area contributed by atoms with Crippen molar-refractivity contribution in [2.24, 2.45) is 5.73 Å². The molecule has 0 fully saturated rings. The molecule has 0 amide bonds. The summed E-state index contributed by atoms with van der Waals surface area (Å²) in [4.78, 5) is 4.16. The highest BCUT2D eigenvalue weighted by atomic mass is 79.9. The van der Waals surface area contributed by atoms with Crippen LogP contribution in [0.15, 0.2) is 27.2 Å². The third-order valence-corrected chi connectivity index (χ3v) is 2.99. The maximum atomic E-state index is 5.41. The van der Waals surface area contributed by atoms with Crippen molar-refractivity contribution in [3.05, 3.63) is 34.1 Å². The second-order valence-corrected chi connectivity index (χ2v) is 4.31. The molecule has 1 heterocycles. The topological polar surface area (TPSA) is 74.2 Å². The minimum absolute atomic E-state index is 0.246. The number of hydrogen-bond donors (Lipinski definition) is 1. The Labute approximate surface area is 107 Å². The van der Waals surface area contributed by atoms with E-state index >= 15 is 0 Å². The van der Waals surface area contributed by atoms with Gasteiger partial charge in [0.05, 0.1) is 13.2 Å².